The average molecular weight is 339 g/mol. The minimum absolute atomic E-state index is 0.148. The number of nitrogens with one attached hydrogen (secondary N) is 1. The summed E-state index contributed by atoms with van der Waals surface area (Å²) in [5, 5.41) is 3.04. The monoisotopic (exact) mass is 338 g/mol. The molecule has 1 fully saturated rings. The molecule has 6 heteroatoms. The molecule has 0 unspecified atom stereocenters. The summed E-state index contributed by atoms with van der Waals surface area (Å²) in [5.41, 5.74) is 0. The Morgan fingerprint density at radius 1 is 1.40 bits per heavy atom. The van der Waals surface area contributed by atoms with Crippen molar-refractivity contribution in [3.05, 3.63) is 35.5 Å². The molecule has 0 aromatic carbocycles. The summed E-state index contributed by atoms with van der Waals surface area (Å²) in [6.45, 7) is 7.78. The Morgan fingerprint density at radius 2 is 2.15 bits per heavy atom. The molecule has 108 valence electrons. The number of nitrogens with zero attached hydrogens (tertiary/aromatic N) is 3. The normalized spacial score (nSPS) is 15.2. The van der Waals surface area contributed by atoms with Crippen LogP contribution >= 0.6 is 15.9 Å². The standard InChI is InChI=1S/C14H19BrN4O/c1-2-5-16-11-14(20)19-8-6-18(7-9-19)13-4-3-12(15)10-17-13/h2-4,10,16H,1,5-9,11H2. The molecule has 0 saturated carbocycles. The van der Waals surface area contributed by atoms with E-state index in [4.69, 9.17) is 0 Å². The zero-order chi connectivity index (χ0) is 14.4. The first-order valence-electron chi connectivity index (χ1n) is 6.66. The van der Waals surface area contributed by atoms with Gasteiger partial charge in [0.25, 0.3) is 0 Å². The SMILES string of the molecule is C=CCNCC(=O)N1CCN(c2ccc(Br)cn2)CC1. The summed E-state index contributed by atoms with van der Waals surface area (Å²) in [7, 11) is 0. The van der Waals surface area contributed by atoms with Crippen molar-refractivity contribution in [2.24, 2.45) is 0 Å². The van der Waals surface area contributed by atoms with Crippen molar-refractivity contribution in [3.63, 3.8) is 0 Å². The minimum Gasteiger partial charge on any atom is -0.353 e. The molecular formula is C14H19BrN4O. The van der Waals surface area contributed by atoms with Gasteiger partial charge in [0.2, 0.25) is 5.91 Å². The summed E-state index contributed by atoms with van der Waals surface area (Å²) in [5.74, 6) is 1.11. The molecule has 0 aliphatic carbocycles. The van der Waals surface area contributed by atoms with Crippen LogP contribution in [-0.2, 0) is 4.79 Å². The fourth-order valence-corrected chi connectivity index (χ4v) is 2.37. The Morgan fingerprint density at radius 3 is 2.75 bits per heavy atom. The van der Waals surface area contributed by atoms with Gasteiger partial charge >= 0.3 is 0 Å². The molecule has 1 saturated heterocycles. The minimum atomic E-state index is 0.148. The number of halogens is 1. The van der Waals surface area contributed by atoms with Crippen molar-refractivity contribution in [2.75, 3.05) is 44.2 Å². The summed E-state index contributed by atoms with van der Waals surface area (Å²) < 4.78 is 0.975. The molecule has 1 N–H and O–H groups in total. The lowest BCUT2D eigenvalue weighted by molar-refractivity contribution is -0.130. The van der Waals surface area contributed by atoms with Gasteiger partial charge in [0.15, 0.2) is 0 Å². The van der Waals surface area contributed by atoms with Crippen LogP contribution in [0.1, 0.15) is 0 Å². The lowest BCUT2D eigenvalue weighted by atomic mass is 10.3. The quantitative estimate of drug-likeness (QED) is 0.648. The predicted octanol–water partition coefficient (Wildman–Crippen LogP) is 1.27. The average Bonchev–Trinajstić information content (AvgIpc) is 2.48. The maximum absolute atomic E-state index is 11.9. The second kappa shape index (κ2) is 7.40. The van der Waals surface area contributed by atoms with Gasteiger partial charge in [-0.3, -0.25) is 4.79 Å². The predicted molar refractivity (Wildman–Crippen MR) is 83.8 cm³/mol. The lowest BCUT2D eigenvalue weighted by Gasteiger charge is -2.35. The third-order valence-electron chi connectivity index (χ3n) is 3.23. The van der Waals surface area contributed by atoms with Crippen molar-refractivity contribution in [1.29, 1.82) is 0 Å². The van der Waals surface area contributed by atoms with Crippen LogP contribution in [0.3, 0.4) is 0 Å². The largest absolute Gasteiger partial charge is 0.353 e. The van der Waals surface area contributed by atoms with Gasteiger partial charge in [-0.05, 0) is 28.1 Å². The lowest BCUT2D eigenvalue weighted by Crippen LogP contribution is -2.51. The number of piperazine rings is 1. The first-order chi connectivity index (χ1) is 9.70. The molecule has 1 aromatic heterocycles. The van der Waals surface area contributed by atoms with Crippen LogP contribution in [0.4, 0.5) is 5.82 Å². The highest BCUT2D eigenvalue weighted by molar-refractivity contribution is 9.10. The van der Waals surface area contributed by atoms with Gasteiger partial charge in [-0.15, -0.1) is 6.58 Å². The maximum atomic E-state index is 11.9. The summed E-state index contributed by atoms with van der Waals surface area (Å²) >= 11 is 3.38. The van der Waals surface area contributed by atoms with Crippen LogP contribution in [0.2, 0.25) is 0 Å². The first-order valence-corrected chi connectivity index (χ1v) is 7.46. The van der Waals surface area contributed by atoms with Gasteiger partial charge in [0.1, 0.15) is 5.82 Å². The second-order valence-corrected chi connectivity index (χ2v) is 5.54. The van der Waals surface area contributed by atoms with E-state index in [0.717, 1.165) is 36.5 Å². The summed E-state index contributed by atoms with van der Waals surface area (Å²) in [4.78, 5) is 20.4. The van der Waals surface area contributed by atoms with Gasteiger partial charge in [0.05, 0.1) is 6.54 Å². The number of anilines is 1. The molecular weight excluding hydrogens is 320 g/mol. The Labute approximate surface area is 127 Å². The molecule has 20 heavy (non-hydrogen) atoms. The van der Waals surface area contributed by atoms with Crippen molar-refractivity contribution in [3.8, 4) is 0 Å². The van der Waals surface area contributed by atoms with Crippen LogP contribution < -0.4 is 10.2 Å². The fourth-order valence-electron chi connectivity index (χ4n) is 2.13. The number of hydrogen-bond acceptors (Lipinski definition) is 4. The van der Waals surface area contributed by atoms with Crippen molar-refractivity contribution in [2.45, 2.75) is 0 Å². The Balaban J connectivity index is 1.81. The molecule has 0 atom stereocenters. The van der Waals surface area contributed by atoms with Crippen molar-refractivity contribution >= 4 is 27.7 Å². The highest BCUT2D eigenvalue weighted by Gasteiger charge is 2.21. The number of carbonyl (C=O) groups is 1. The number of aromatic nitrogens is 1. The molecule has 1 aliphatic rings. The third kappa shape index (κ3) is 4.05. The molecule has 5 nitrogen and oxygen atoms in total. The molecule has 2 heterocycles. The van der Waals surface area contributed by atoms with Gasteiger partial charge in [-0.25, -0.2) is 4.98 Å². The van der Waals surface area contributed by atoms with Crippen LogP contribution in [0.25, 0.3) is 0 Å². The number of carbonyl (C=O) groups excluding carboxylic acids is 1. The van der Waals surface area contributed by atoms with Gasteiger partial charge in [-0.1, -0.05) is 6.08 Å². The van der Waals surface area contributed by atoms with E-state index in [-0.39, 0.29) is 5.91 Å². The van der Waals surface area contributed by atoms with Crippen molar-refractivity contribution < 1.29 is 4.79 Å². The topological polar surface area (TPSA) is 48.5 Å². The van der Waals surface area contributed by atoms with Crippen LogP contribution in [0.5, 0.6) is 0 Å². The maximum Gasteiger partial charge on any atom is 0.236 e. The summed E-state index contributed by atoms with van der Waals surface area (Å²) in [6, 6.07) is 3.98. The van der Waals surface area contributed by atoms with Crippen molar-refractivity contribution in [1.82, 2.24) is 15.2 Å². The molecule has 0 radical (unpaired) electrons. The van der Waals surface area contributed by atoms with E-state index in [0.29, 0.717) is 13.1 Å². The van der Waals surface area contributed by atoms with E-state index < -0.39 is 0 Å². The van der Waals surface area contributed by atoms with Gasteiger partial charge in [0, 0.05) is 43.4 Å². The van der Waals surface area contributed by atoms with Gasteiger partial charge < -0.3 is 15.1 Å². The fraction of sp³-hybridized carbons (Fsp3) is 0.429. The molecule has 0 bridgehead atoms. The highest BCUT2D eigenvalue weighted by Crippen LogP contribution is 2.16. The number of pyridine rings is 1. The van der Waals surface area contributed by atoms with E-state index in [9.17, 15) is 4.79 Å². The molecule has 0 spiro atoms. The van der Waals surface area contributed by atoms with E-state index >= 15 is 0 Å². The molecule has 1 amide bonds. The zero-order valence-electron chi connectivity index (χ0n) is 11.4. The van der Waals surface area contributed by atoms with E-state index in [1.165, 1.54) is 0 Å². The number of amides is 1. The van der Waals surface area contributed by atoms with E-state index in [1.54, 1.807) is 12.3 Å². The third-order valence-corrected chi connectivity index (χ3v) is 3.70. The van der Waals surface area contributed by atoms with E-state index in [2.05, 4.69) is 37.7 Å². The molecule has 1 aliphatic heterocycles. The Hall–Kier alpha value is -1.40. The number of hydrogen-bond donors (Lipinski definition) is 1. The van der Waals surface area contributed by atoms with Crippen LogP contribution in [-0.4, -0.2) is 55.1 Å². The second-order valence-electron chi connectivity index (χ2n) is 4.62. The molecule has 1 aromatic rings. The highest BCUT2D eigenvalue weighted by atomic mass is 79.9. The molecule has 2 rings (SSSR count). The smallest absolute Gasteiger partial charge is 0.236 e. The van der Waals surface area contributed by atoms with Gasteiger partial charge in [-0.2, -0.15) is 0 Å². The van der Waals surface area contributed by atoms with Crippen LogP contribution in [0.15, 0.2) is 35.5 Å². The first kappa shape index (κ1) is 15.0. The van der Waals surface area contributed by atoms with E-state index in [1.807, 2.05) is 17.0 Å². The summed E-state index contributed by atoms with van der Waals surface area (Å²) in [6.07, 6.45) is 3.55. The Kier molecular flexibility index (Phi) is 5.55. The zero-order valence-corrected chi connectivity index (χ0v) is 13.0. The number of rotatable bonds is 5. The Bertz CT molecular complexity index is 455. The van der Waals surface area contributed by atoms with Crippen LogP contribution in [0, 0.1) is 0 Å².